The van der Waals surface area contributed by atoms with Crippen molar-refractivity contribution in [2.75, 3.05) is 0 Å². The number of para-hydroxylation sites is 1. The fraction of sp³-hybridized carbons (Fsp3) is 0. The summed E-state index contributed by atoms with van der Waals surface area (Å²) in [5, 5.41) is 10.6. The number of nitrogens with one attached hydrogen (secondary N) is 1. The van der Waals surface area contributed by atoms with Crippen LogP contribution in [0.25, 0.3) is 56.0 Å². The van der Waals surface area contributed by atoms with Gasteiger partial charge in [-0.2, -0.15) is 0 Å². The van der Waals surface area contributed by atoms with Gasteiger partial charge in [0.2, 0.25) is 0 Å². The van der Waals surface area contributed by atoms with Crippen molar-refractivity contribution in [1.29, 1.82) is 0 Å². The van der Waals surface area contributed by atoms with Crippen LogP contribution in [0.4, 0.5) is 0 Å². The molecule has 32 heavy (non-hydrogen) atoms. The van der Waals surface area contributed by atoms with E-state index in [1.54, 1.807) is 12.1 Å². The lowest BCUT2D eigenvalue weighted by Crippen LogP contribution is -2.02. The molecule has 1 N–H and O–H groups in total. The number of nitrogens with zero attached hydrogens (tertiary/aromatic N) is 2. The molecule has 6 nitrogen and oxygen atoms in total. The van der Waals surface area contributed by atoms with Crippen molar-refractivity contribution in [3.63, 3.8) is 0 Å². The number of benzene rings is 3. The summed E-state index contributed by atoms with van der Waals surface area (Å²) < 4.78 is 11.4. The van der Waals surface area contributed by atoms with Crippen LogP contribution >= 0.6 is 11.6 Å². The summed E-state index contributed by atoms with van der Waals surface area (Å²) in [5.41, 5.74) is 3.55. The van der Waals surface area contributed by atoms with Crippen LogP contribution in [-0.2, 0) is 0 Å². The number of H-pyrrole nitrogens is 1. The summed E-state index contributed by atoms with van der Waals surface area (Å²) in [4.78, 5) is 16.0. The molecule has 6 rings (SSSR count). The molecule has 0 aliphatic rings. The van der Waals surface area contributed by atoms with Crippen LogP contribution in [-0.4, -0.2) is 15.2 Å². The Morgan fingerprint density at radius 2 is 1.59 bits per heavy atom. The summed E-state index contributed by atoms with van der Waals surface area (Å²) in [6, 6.07) is 24.4. The smallest absolute Gasteiger partial charge is 0.349 e. The molecule has 0 saturated heterocycles. The molecule has 0 unspecified atom stereocenters. The fourth-order valence-corrected chi connectivity index (χ4v) is 4.02. The molecule has 7 heteroatoms. The van der Waals surface area contributed by atoms with Crippen molar-refractivity contribution in [3.8, 4) is 34.2 Å². The van der Waals surface area contributed by atoms with E-state index in [4.69, 9.17) is 20.4 Å². The molecule has 3 heterocycles. The third-order valence-corrected chi connectivity index (χ3v) is 5.57. The minimum Gasteiger partial charge on any atom is -0.422 e. The lowest BCUT2D eigenvalue weighted by Gasteiger charge is -2.01. The van der Waals surface area contributed by atoms with Gasteiger partial charge in [0.1, 0.15) is 11.1 Å². The van der Waals surface area contributed by atoms with E-state index in [0.29, 0.717) is 10.6 Å². The molecule has 154 valence electrons. The summed E-state index contributed by atoms with van der Waals surface area (Å²) >= 11 is 6.28. The van der Waals surface area contributed by atoms with Crippen molar-refractivity contribution in [3.05, 3.63) is 94.3 Å². The highest BCUT2D eigenvalue weighted by Crippen LogP contribution is 2.39. The van der Waals surface area contributed by atoms with Crippen molar-refractivity contribution in [2.45, 2.75) is 0 Å². The molecule has 0 saturated carbocycles. The SMILES string of the molecule is O=c1oc2ccccc2cc1-c1nnc(-c2c(-c3ccccc3)[nH]c3ccc(Cl)cc23)o1. The maximum atomic E-state index is 12.6. The zero-order chi connectivity index (χ0) is 21.7. The summed E-state index contributed by atoms with van der Waals surface area (Å²) in [5.74, 6) is 0.370. The van der Waals surface area contributed by atoms with E-state index in [1.165, 1.54) is 0 Å². The van der Waals surface area contributed by atoms with E-state index in [0.717, 1.165) is 33.1 Å². The number of aromatic amines is 1. The molecular weight excluding hydrogens is 426 g/mol. The Balaban J connectivity index is 1.56. The molecule has 0 aliphatic carbocycles. The van der Waals surface area contributed by atoms with Crippen molar-refractivity contribution >= 4 is 33.5 Å². The Bertz CT molecular complexity index is 1670. The van der Waals surface area contributed by atoms with Crippen LogP contribution in [0.15, 0.2) is 92.5 Å². The molecule has 3 aromatic heterocycles. The highest BCUT2D eigenvalue weighted by Gasteiger charge is 2.22. The first kappa shape index (κ1) is 18.6. The third kappa shape index (κ3) is 3.01. The Hall–Kier alpha value is -4.16. The number of fused-ring (bicyclic) bond motifs is 2. The average Bonchev–Trinajstić information content (AvgIpc) is 3.43. The third-order valence-electron chi connectivity index (χ3n) is 5.33. The summed E-state index contributed by atoms with van der Waals surface area (Å²) in [6.07, 6.45) is 0. The molecular formula is C25H14ClN3O3. The molecule has 6 aromatic rings. The van der Waals surface area contributed by atoms with Crippen molar-refractivity contribution < 1.29 is 8.83 Å². The minimum atomic E-state index is -0.538. The van der Waals surface area contributed by atoms with Crippen molar-refractivity contribution in [1.82, 2.24) is 15.2 Å². The van der Waals surface area contributed by atoms with Gasteiger partial charge in [0, 0.05) is 21.3 Å². The highest BCUT2D eigenvalue weighted by atomic mass is 35.5. The molecule has 3 aromatic carbocycles. The number of rotatable bonds is 3. The molecule has 0 spiro atoms. The largest absolute Gasteiger partial charge is 0.422 e. The molecule has 0 aliphatic heterocycles. The molecule has 0 bridgehead atoms. The monoisotopic (exact) mass is 439 g/mol. The van der Waals surface area contributed by atoms with Crippen LogP contribution in [0.1, 0.15) is 0 Å². The average molecular weight is 440 g/mol. The Kier molecular flexibility index (Phi) is 4.19. The normalized spacial score (nSPS) is 11.4. The predicted octanol–water partition coefficient (Wildman–Crippen LogP) is 6.31. The molecule has 0 amide bonds. The van der Waals surface area contributed by atoms with Gasteiger partial charge in [-0.25, -0.2) is 4.79 Å². The zero-order valence-corrected chi connectivity index (χ0v) is 17.3. The standard InChI is InChI=1S/C25H14ClN3O3/c26-16-10-11-19-17(13-16)21(22(27-19)14-6-2-1-3-7-14)24-29-28-23(32-24)18-12-15-8-4-5-9-20(15)31-25(18)30/h1-13,27H. The minimum absolute atomic E-state index is 0.0925. The second-order valence-corrected chi connectivity index (χ2v) is 7.77. The van der Waals surface area contributed by atoms with E-state index in [1.807, 2.05) is 66.7 Å². The summed E-state index contributed by atoms with van der Waals surface area (Å²) in [6.45, 7) is 0. The van der Waals surface area contributed by atoms with Gasteiger partial charge in [-0.1, -0.05) is 60.1 Å². The predicted molar refractivity (Wildman–Crippen MR) is 124 cm³/mol. The molecule has 0 fully saturated rings. The Morgan fingerprint density at radius 1 is 0.812 bits per heavy atom. The van der Waals surface area contributed by atoms with E-state index >= 15 is 0 Å². The Labute approximate surface area is 186 Å². The molecule has 0 radical (unpaired) electrons. The van der Waals surface area contributed by atoms with E-state index in [9.17, 15) is 4.79 Å². The van der Waals surface area contributed by atoms with Gasteiger partial charge in [-0.3, -0.25) is 0 Å². The maximum Gasteiger partial charge on any atom is 0.349 e. The first-order chi connectivity index (χ1) is 15.7. The quantitative estimate of drug-likeness (QED) is 0.326. The van der Waals surface area contributed by atoms with Gasteiger partial charge in [0.25, 0.3) is 11.8 Å². The fourth-order valence-electron chi connectivity index (χ4n) is 3.85. The lowest BCUT2D eigenvalue weighted by molar-refractivity contribution is 0.547. The van der Waals surface area contributed by atoms with Crippen LogP contribution in [0.2, 0.25) is 5.02 Å². The van der Waals surface area contributed by atoms with Crippen molar-refractivity contribution in [2.24, 2.45) is 0 Å². The summed E-state index contributed by atoms with van der Waals surface area (Å²) in [7, 11) is 0. The van der Waals surface area contributed by atoms with E-state index in [-0.39, 0.29) is 17.3 Å². The zero-order valence-electron chi connectivity index (χ0n) is 16.5. The van der Waals surface area contributed by atoms with E-state index < -0.39 is 5.63 Å². The van der Waals surface area contributed by atoms with Crippen LogP contribution in [0.3, 0.4) is 0 Å². The number of hydrogen-bond acceptors (Lipinski definition) is 5. The first-order valence-electron chi connectivity index (χ1n) is 9.91. The molecule has 0 atom stereocenters. The maximum absolute atomic E-state index is 12.6. The van der Waals surface area contributed by atoms with Crippen LogP contribution in [0.5, 0.6) is 0 Å². The van der Waals surface area contributed by atoms with Gasteiger partial charge in [0.05, 0.1) is 11.3 Å². The van der Waals surface area contributed by atoms with Gasteiger partial charge >= 0.3 is 5.63 Å². The van der Waals surface area contributed by atoms with E-state index in [2.05, 4.69) is 15.2 Å². The number of hydrogen-bond donors (Lipinski definition) is 1. The van der Waals surface area contributed by atoms with Gasteiger partial charge in [-0.05, 0) is 35.9 Å². The highest BCUT2D eigenvalue weighted by molar-refractivity contribution is 6.31. The second kappa shape index (κ2) is 7.21. The number of aromatic nitrogens is 3. The van der Waals surface area contributed by atoms with Crippen LogP contribution in [0, 0.1) is 0 Å². The Morgan fingerprint density at radius 3 is 2.47 bits per heavy atom. The lowest BCUT2D eigenvalue weighted by atomic mass is 10.1. The first-order valence-corrected chi connectivity index (χ1v) is 10.3. The van der Waals surface area contributed by atoms with Gasteiger partial charge < -0.3 is 13.8 Å². The van der Waals surface area contributed by atoms with Gasteiger partial charge in [0.15, 0.2) is 0 Å². The van der Waals surface area contributed by atoms with Crippen LogP contribution < -0.4 is 5.63 Å². The second-order valence-electron chi connectivity index (χ2n) is 7.33. The number of halogens is 1. The topological polar surface area (TPSA) is 84.9 Å². The van der Waals surface area contributed by atoms with Gasteiger partial charge in [-0.15, -0.1) is 10.2 Å².